The number of hydrogen-bond acceptors (Lipinski definition) is 7. The molecule has 0 fully saturated rings. The van der Waals surface area contributed by atoms with Crippen LogP contribution in [0.3, 0.4) is 0 Å². The highest BCUT2D eigenvalue weighted by Gasteiger charge is 2.15. The molecular weight excluding hydrogens is 434 g/mol. The average Bonchev–Trinajstić information content (AvgIpc) is 3.36. The van der Waals surface area contributed by atoms with Gasteiger partial charge < -0.3 is 4.42 Å². The van der Waals surface area contributed by atoms with Crippen molar-refractivity contribution in [3.05, 3.63) is 58.9 Å². The number of rotatable bonds is 4. The Labute approximate surface area is 164 Å². The number of aromatic nitrogens is 5. The van der Waals surface area contributed by atoms with Crippen molar-refractivity contribution in [2.75, 3.05) is 0 Å². The molecule has 6 nitrogen and oxygen atoms in total. The molecule has 26 heavy (non-hydrogen) atoms. The molecule has 0 saturated heterocycles. The van der Waals surface area contributed by atoms with E-state index in [1.807, 2.05) is 36.4 Å². The first-order chi connectivity index (χ1) is 12.8. The molecule has 2 aromatic carbocycles. The van der Waals surface area contributed by atoms with Crippen LogP contribution in [-0.2, 0) is 5.75 Å². The Hall–Kier alpha value is -2.23. The van der Waals surface area contributed by atoms with Gasteiger partial charge in [0, 0.05) is 10.0 Å². The van der Waals surface area contributed by atoms with Gasteiger partial charge in [-0.2, -0.15) is 0 Å². The smallest absolute Gasteiger partial charge is 0.247 e. The summed E-state index contributed by atoms with van der Waals surface area (Å²) in [5.74, 6) is 1.61. The van der Waals surface area contributed by atoms with E-state index in [4.69, 9.17) is 4.42 Å². The SMILES string of the molecule is Brc1ccc(-c2nnc(CSc3nnc4sc5ccccc5n34)o2)cc1. The topological polar surface area (TPSA) is 69.1 Å². The number of para-hydroxylation sites is 1. The standard InChI is InChI=1S/C17H10BrN5OS2/c18-11-7-5-10(6-8-11)15-20-19-14(24-15)9-25-16-21-22-17-23(16)12-3-1-2-4-13(12)26-17/h1-8H,9H2. The maximum Gasteiger partial charge on any atom is 0.247 e. The number of thioether (sulfide) groups is 1. The van der Waals surface area contributed by atoms with E-state index in [0.29, 0.717) is 17.5 Å². The monoisotopic (exact) mass is 443 g/mol. The summed E-state index contributed by atoms with van der Waals surface area (Å²) in [6, 6.07) is 16.0. The second-order valence-corrected chi connectivity index (χ2v) is 8.33. The molecule has 0 unspecified atom stereocenters. The fourth-order valence-electron chi connectivity index (χ4n) is 2.60. The first kappa shape index (κ1) is 16.0. The van der Waals surface area contributed by atoms with Gasteiger partial charge in [0.1, 0.15) is 0 Å². The van der Waals surface area contributed by atoms with Crippen molar-refractivity contribution in [3.63, 3.8) is 0 Å². The lowest BCUT2D eigenvalue weighted by Crippen LogP contribution is -1.87. The minimum absolute atomic E-state index is 0.514. The van der Waals surface area contributed by atoms with Gasteiger partial charge in [0.15, 0.2) is 5.16 Å². The van der Waals surface area contributed by atoms with Crippen LogP contribution in [0.15, 0.2) is 62.6 Å². The van der Waals surface area contributed by atoms with Crippen LogP contribution in [-0.4, -0.2) is 24.8 Å². The van der Waals surface area contributed by atoms with E-state index in [1.54, 1.807) is 11.3 Å². The maximum absolute atomic E-state index is 5.78. The van der Waals surface area contributed by atoms with Crippen LogP contribution < -0.4 is 0 Å². The van der Waals surface area contributed by atoms with E-state index in [0.717, 1.165) is 25.7 Å². The number of halogens is 1. The lowest BCUT2D eigenvalue weighted by molar-refractivity contribution is 0.528. The zero-order valence-electron chi connectivity index (χ0n) is 13.2. The molecule has 0 N–H and O–H groups in total. The first-order valence-corrected chi connectivity index (χ1v) is 10.3. The summed E-state index contributed by atoms with van der Waals surface area (Å²) in [6.45, 7) is 0. The molecule has 0 spiro atoms. The van der Waals surface area contributed by atoms with E-state index in [9.17, 15) is 0 Å². The molecule has 0 amide bonds. The van der Waals surface area contributed by atoms with Crippen LogP contribution in [0.1, 0.15) is 5.89 Å². The van der Waals surface area contributed by atoms with Crippen molar-refractivity contribution in [1.29, 1.82) is 0 Å². The minimum Gasteiger partial charge on any atom is -0.420 e. The maximum atomic E-state index is 5.78. The first-order valence-electron chi connectivity index (χ1n) is 7.72. The Morgan fingerprint density at radius 2 is 1.85 bits per heavy atom. The van der Waals surface area contributed by atoms with E-state index in [-0.39, 0.29) is 0 Å². The summed E-state index contributed by atoms with van der Waals surface area (Å²) in [5, 5.41) is 17.6. The quantitative estimate of drug-likeness (QED) is 0.362. The Balaban J connectivity index is 1.40. The second-order valence-electron chi connectivity index (χ2n) is 5.47. The van der Waals surface area contributed by atoms with Gasteiger partial charge in [-0.15, -0.1) is 20.4 Å². The van der Waals surface area contributed by atoms with Crippen LogP contribution in [0.2, 0.25) is 0 Å². The fraction of sp³-hybridized carbons (Fsp3) is 0.0588. The Bertz CT molecular complexity index is 1210. The van der Waals surface area contributed by atoms with Gasteiger partial charge in [0.25, 0.3) is 0 Å². The molecule has 9 heteroatoms. The Morgan fingerprint density at radius 1 is 1.00 bits per heavy atom. The van der Waals surface area contributed by atoms with Crippen molar-refractivity contribution in [1.82, 2.24) is 24.8 Å². The van der Waals surface area contributed by atoms with Crippen LogP contribution in [0, 0.1) is 0 Å². The van der Waals surface area contributed by atoms with Crippen LogP contribution >= 0.6 is 39.0 Å². The number of benzene rings is 2. The lowest BCUT2D eigenvalue weighted by atomic mass is 10.2. The third-order valence-corrected chi connectivity index (χ3v) is 6.25. The highest BCUT2D eigenvalue weighted by atomic mass is 79.9. The number of hydrogen-bond donors (Lipinski definition) is 0. The predicted octanol–water partition coefficient (Wildman–Crippen LogP) is 5.05. The Kier molecular flexibility index (Phi) is 3.99. The second kappa shape index (κ2) is 6.49. The van der Waals surface area contributed by atoms with E-state index in [1.165, 1.54) is 16.5 Å². The predicted molar refractivity (Wildman–Crippen MR) is 105 cm³/mol. The van der Waals surface area contributed by atoms with Crippen LogP contribution in [0.4, 0.5) is 0 Å². The summed E-state index contributed by atoms with van der Waals surface area (Å²) in [7, 11) is 0. The largest absolute Gasteiger partial charge is 0.420 e. The zero-order chi connectivity index (χ0) is 17.5. The van der Waals surface area contributed by atoms with Gasteiger partial charge in [-0.1, -0.05) is 51.2 Å². The summed E-state index contributed by atoms with van der Waals surface area (Å²) in [4.78, 5) is 0.884. The molecule has 128 valence electrons. The van der Waals surface area contributed by atoms with Crippen molar-refractivity contribution in [3.8, 4) is 11.5 Å². The summed E-state index contributed by atoms with van der Waals surface area (Å²) >= 11 is 6.58. The van der Waals surface area contributed by atoms with Crippen LogP contribution in [0.25, 0.3) is 26.6 Å². The minimum atomic E-state index is 0.514. The molecule has 0 aliphatic carbocycles. The van der Waals surface area contributed by atoms with Gasteiger partial charge >= 0.3 is 0 Å². The summed E-state index contributed by atoms with van der Waals surface area (Å²) in [6.07, 6.45) is 0. The highest BCUT2D eigenvalue weighted by Crippen LogP contribution is 2.31. The van der Waals surface area contributed by atoms with Gasteiger partial charge in [0.2, 0.25) is 16.7 Å². The van der Waals surface area contributed by atoms with E-state index in [2.05, 4.69) is 52.9 Å². The highest BCUT2D eigenvalue weighted by molar-refractivity contribution is 9.10. The molecule has 5 aromatic rings. The number of nitrogens with zero attached hydrogens (tertiary/aromatic N) is 5. The summed E-state index contributed by atoms with van der Waals surface area (Å²) in [5.41, 5.74) is 2.01. The molecule has 0 aliphatic heterocycles. The van der Waals surface area contributed by atoms with E-state index >= 15 is 0 Å². The van der Waals surface area contributed by atoms with Gasteiger partial charge in [-0.3, -0.25) is 4.40 Å². The van der Waals surface area contributed by atoms with Gasteiger partial charge in [-0.25, -0.2) is 0 Å². The van der Waals surface area contributed by atoms with Gasteiger partial charge in [0.05, 0.1) is 16.0 Å². The molecule has 3 aromatic heterocycles. The molecule has 0 bridgehead atoms. The summed E-state index contributed by atoms with van der Waals surface area (Å²) < 4.78 is 10.0. The third kappa shape index (κ3) is 2.81. The molecular formula is C17H10BrN5OS2. The number of fused-ring (bicyclic) bond motifs is 3. The van der Waals surface area contributed by atoms with Crippen molar-refractivity contribution >= 4 is 54.2 Å². The molecule has 0 atom stereocenters. The molecule has 0 saturated carbocycles. The fourth-order valence-corrected chi connectivity index (χ4v) is 4.67. The lowest BCUT2D eigenvalue weighted by Gasteiger charge is -1.97. The molecule has 0 aliphatic rings. The van der Waals surface area contributed by atoms with Crippen molar-refractivity contribution in [2.24, 2.45) is 0 Å². The Morgan fingerprint density at radius 3 is 2.73 bits per heavy atom. The molecule has 0 radical (unpaired) electrons. The normalized spacial score (nSPS) is 11.6. The van der Waals surface area contributed by atoms with Crippen molar-refractivity contribution < 1.29 is 4.42 Å². The third-order valence-electron chi connectivity index (χ3n) is 3.79. The average molecular weight is 444 g/mol. The van der Waals surface area contributed by atoms with E-state index < -0.39 is 0 Å². The molecule has 5 rings (SSSR count). The number of thiazole rings is 1. The zero-order valence-corrected chi connectivity index (χ0v) is 16.4. The molecule has 3 heterocycles. The van der Waals surface area contributed by atoms with Gasteiger partial charge in [-0.05, 0) is 36.4 Å². The van der Waals surface area contributed by atoms with Crippen molar-refractivity contribution in [2.45, 2.75) is 10.9 Å². The van der Waals surface area contributed by atoms with Crippen LogP contribution in [0.5, 0.6) is 0 Å².